The molecule has 1 amide bonds. The van der Waals surface area contributed by atoms with Gasteiger partial charge in [-0.2, -0.15) is 4.98 Å². The summed E-state index contributed by atoms with van der Waals surface area (Å²) in [4.78, 5) is 17.9. The molecule has 1 heterocycles. The molecule has 0 unspecified atom stereocenters. The molecule has 0 aliphatic rings. The van der Waals surface area contributed by atoms with E-state index in [9.17, 15) is 9.18 Å². The molecule has 0 saturated carbocycles. The van der Waals surface area contributed by atoms with E-state index in [0.29, 0.717) is 12.5 Å². The third-order valence-corrected chi connectivity index (χ3v) is 1.75. The number of rotatable bonds is 7. The molecule has 1 aromatic heterocycles. The number of nitrogens with zero attached hydrogens (tertiary/aromatic N) is 2. The zero-order chi connectivity index (χ0) is 12.7. The maximum absolute atomic E-state index is 13.2. The third-order valence-electron chi connectivity index (χ3n) is 1.75. The largest absolute Gasteiger partial charge is 0.370 e. The summed E-state index contributed by atoms with van der Waals surface area (Å²) in [7, 11) is 1.63. The molecule has 0 aromatic carbocycles. The van der Waals surface area contributed by atoms with Crippen molar-refractivity contribution in [3.8, 4) is 0 Å². The van der Waals surface area contributed by atoms with Gasteiger partial charge in [0.25, 0.3) is 0 Å². The first-order chi connectivity index (χ1) is 8.13. The number of hydrogen-bond acceptors (Lipinski definition) is 6. The predicted molar refractivity (Wildman–Crippen MR) is 60.0 cm³/mol. The van der Waals surface area contributed by atoms with Crippen LogP contribution in [0.15, 0.2) is 6.20 Å². The smallest absolute Gasteiger partial charge is 0.243 e. The van der Waals surface area contributed by atoms with Gasteiger partial charge in [-0.15, -0.1) is 0 Å². The molecule has 0 fully saturated rings. The van der Waals surface area contributed by atoms with Gasteiger partial charge >= 0.3 is 0 Å². The number of amides is 1. The lowest BCUT2D eigenvalue weighted by molar-refractivity contribution is -0.122. The molecule has 0 aliphatic heterocycles. The Labute approximate surface area is 97.6 Å². The second-order valence-electron chi connectivity index (χ2n) is 3.09. The highest BCUT2D eigenvalue weighted by Gasteiger charge is 2.05. The molecule has 4 N–H and O–H groups in total. The first kappa shape index (κ1) is 13.1. The van der Waals surface area contributed by atoms with Gasteiger partial charge in [-0.3, -0.25) is 4.79 Å². The minimum atomic E-state index is -0.557. The molecule has 0 bridgehead atoms. The van der Waals surface area contributed by atoms with Crippen LogP contribution in [0.25, 0.3) is 0 Å². The van der Waals surface area contributed by atoms with E-state index in [2.05, 4.69) is 20.6 Å². The van der Waals surface area contributed by atoms with Crippen LogP contribution in [0.4, 0.5) is 16.2 Å². The van der Waals surface area contributed by atoms with Crippen LogP contribution >= 0.6 is 0 Å². The van der Waals surface area contributed by atoms with Gasteiger partial charge in [0.15, 0.2) is 11.6 Å². The first-order valence-electron chi connectivity index (χ1n) is 4.93. The van der Waals surface area contributed by atoms with Crippen LogP contribution in [0, 0.1) is 5.82 Å². The van der Waals surface area contributed by atoms with Crippen molar-refractivity contribution in [3.05, 3.63) is 12.0 Å². The Morgan fingerprint density at radius 3 is 3.06 bits per heavy atom. The molecular weight excluding hydrogens is 229 g/mol. The van der Waals surface area contributed by atoms with E-state index in [1.54, 1.807) is 7.05 Å². The van der Waals surface area contributed by atoms with Gasteiger partial charge < -0.3 is 21.1 Å². The average Bonchev–Trinajstić information content (AvgIpc) is 2.30. The number of hydrogen-bond donors (Lipinski definition) is 3. The molecule has 0 radical (unpaired) electrons. The van der Waals surface area contributed by atoms with E-state index in [1.807, 2.05) is 0 Å². The summed E-state index contributed by atoms with van der Waals surface area (Å²) >= 11 is 0. The molecule has 8 heteroatoms. The topological polar surface area (TPSA) is 102 Å². The van der Waals surface area contributed by atoms with Gasteiger partial charge in [0.2, 0.25) is 11.9 Å². The minimum absolute atomic E-state index is 0.0759. The number of nitrogens with one attached hydrogen (secondary N) is 2. The van der Waals surface area contributed by atoms with Crippen LogP contribution in [-0.4, -0.2) is 42.7 Å². The quantitative estimate of drug-likeness (QED) is 0.562. The highest BCUT2D eigenvalue weighted by Crippen LogP contribution is 2.10. The van der Waals surface area contributed by atoms with Crippen LogP contribution in [0.2, 0.25) is 0 Å². The molecule has 94 valence electrons. The molecule has 0 aliphatic carbocycles. The molecule has 7 nitrogen and oxygen atoms in total. The fourth-order valence-corrected chi connectivity index (χ4v) is 1.03. The van der Waals surface area contributed by atoms with Gasteiger partial charge in [0, 0.05) is 13.6 Å². The maximum Gasteiger partial charge on any atom is 0.243 e. The van der Waals surface area contributed by atoms with Crippen molar-refractivity contribution in [1.82, 2.24) is 9.97 Å². The number of carbonyl (C=O) groups excluding carboxylic acids is 1. The summed E-state index contributed by atoms with van der Waals surface area (Å²) in [6.07, 6.45) is 1.06. The van der Waals surface area contributed by atoms with Crippen molar-refractivity contribution in [3.63, 3.8) is 0 Å². The summed E-state index contributed by atoms with van der Waals surface area (Å²) in [6, 6.07) is 0. The number of nitrogens with two attached hydrogens (primary N) is 1. The highest BCUT2D eigenvalue weighted by molar-refractivity contribution is 5.74. The van der Waals surface area contributed by atoms with E-state index in [-0.39, 0.29) is 19.0 Å². The summed E-state index contributed by atoms with van der Waals surface area (Å²) in [6.45, 7) is 0.376. The Morgan fingerprint density at radius 1 is 1.65 bits per heavy atom. The third kappa shape index (κ3) is 4.60. The molecule has 17 heavy (non-hydrogen) atoms. The second kappa shape index (κ2) is 6.59. The molecule has 0 spiro atoms. The zero-order valence-corrected chi connectivity index (χ0v) is 9.36. The Morgan fingerprint density at radius 2 is 2.41 bits per heavy atom. The van der Waals surface area contributed by atoms with Crippen LogP contribution < -0.4 is 16.4 Å². The number of halogens is 1. The van der Waals surface area contributed by atoms with E-state index in [1.165, 1.54) is 0 Å². The lowest BCUT2D eigenvalue weighted by atomic mass is 10.5. The zero-order valence-electron chi connectivity index (χ0n) is 9.36. The monoisotopic (exact) mass is 243 g/mol. The van der Waals surface area contributed by atoms with Crippen LogP contribution in [-0.2, 0) is 9.53 Å². The Balaban J connectivity index is 2.38. The second-order valence-corrected chi connectivity index (χ2v) is 3.09. The minimum Gasteiger partial charge on any atom is -0.370 e. The lowest BCUT2D eigenvalue weighted by Crippen LogP contribution is -2.21. The Bertz CT molecular complexity index is 388. The van der Waals surface area contributed by atoms with Crippen molar-refractivity contribution in [2.75, 3.05) is 37.4 Å². The molecule has 1 aromatic rings. The SMILES string of the molecule is CNc1ncc(F)c(NCCOCC(N)=O)n1. The number of primary amides is 1. The van der Waals surface area contributed by atoms with Crippen LogP contribution in [0.5, 0.6) is 0 Å². The van der Waals surface area contributed by atoms with Gasteiger partial charge in [0.1, 0.15) is 6.61 Å². The summed E-state index contributed by atoms with van der Waals surface area (Å²) in [5.41, 5.74) is 4.87. The summed E-state index contributed by atoms with van der Waals surface area (Å²) in [5, 5.41) is 5.41. The van der Waals surface area contributed by atoms with E-state index < -0.39 is 11.7 Å². The van der Waals surface area contributed by atoms with Crippen molar-refractivity contribution >= 4 is 17.7 Å². The van der Waals surface area contributed by atoms with Crippen LogP contribution in [0.3, 0.4) is 0 Å². The van der Waals surface area contributed by atoms with E-state index in [0.717, 1.165) is 6.20 Å². The number of carbonyl (C=O) groups is 1. The molecule has 1 rings (SSSR count). The van der Waals surface area contributed by atoms with Crippen molar-refractivity contribution in [2.24, 2.45) is 5.73 Å². The normalized spacial score (nSPS) is 10.0. The number of ether oxygens (including phenoxy) is 1. The molecule has 0 atom stereocenters. The van der Waals surface area contributed by atoms with E-state index >= 15 is 0 Å². The fourth-order valence-electron chi connectivity index (χ4n) is 1.03. The van der Waals surface area contributed by atoms with Crippen molar-refractivity contribution < 1.29 is 13.9 Å². The van der Waals surface area contributed by atoms with Crippen LogP contribution in [0.1, 0.15) is 0 Å². The summed E-state index contributed by atoms with van der Waals surface area (Å²) in [5.74, 6) is -0.714. The fraction of sp³-hybridized carbons (Fsp3) is 0.444. The van der Waals surface area contributed by atoms with Gasteiger partial charge in [-0.1, -0.05) is 0 Å². The van der Waals surface area contributed by atoms with Gasteiger partial charge in [-0.25, -0.2) is 9.37 Å². The van der Waals surface area contributed by atoms with E-state index in [4.69, 9.17) is 10.5 Å². The average molecular weight is 243 g/mol. The van der Waals surface area contributed by atoms with Crippen molar-refractivity contribution in [2.45, 2.75) is 0 Å². The Kier molecular flexibility index (Phi) is 5.08. The number of anilines is 2. The Hall–Kier alpha value is -1.96. The molecular formula is C9H14FN5O2. The predicted octanol–water partition coefficient (Wildman–Crippen LogP) is -0.429. The maximum atomic E-state index is 13.2. The van der Waals surface area contributed by atoms with Gasteiger partial charge in [0.05, 0.1) is 12.8 Å². The first-order valence-corrected chi connectivity index (χ1v) is 4.93. The lowest BCUT2D eigenvalue weighted by Gasteiger charge is -2.07. The van der Waals surface area contributed by atoms with Gasteiger partial charge in [-0.05, 0) is 0 Å². The molecule has 0 saturated heterocycles. The number of aromatic nitrogens is 2. The van der Waals surface area contributed by atoms with Crippen molar-refractivity contribution in [1.29, 1.82) is 0 Å². The standard InChI is InChI=1S/C9H14FN5O2/c1-12-9-14-4-6(10)8(15-9)13-2-3-17-5-7(11)16/h4H,2-3,5H2,1H3,(H2,11,16)(H2,12,13,14,15). The highest BCUT2D eigenvalue weighted by atomic mass is 19.1. The summed E-state index contributed by atoms with van der Waals surface area (Å²) < 4.78 is 18.1.